The van der Waals surface area contributed by atoms with Crippen molar-refractivity contribution in [3.05, 3.63) is 0 Å². The summed E-state index contributed by atoms with van der Waals surface area (Å²) in [4.78, 5) is 27.5. The largest absolute Gasteiger partial charge is 0.469 e. The molecule has 0 aromatic rings. The van der Waals surface area contributed by atoms with Crippen LogP contribution in [0.25, 0.3) is 0 Å². The van der Waals surface area contributed by atoms with Gasteiger partial charge in [-0.3, -0.25) is 9.59 Å². The van der Waals surface area contributed by atoms with Crippen LogP contribution in [-0.2, 0) is 33.3 Å². The fourth-order valence-electron chi connectivity index (χ4n) is 9.22. The van der Waals surface area contributed by atoms with Crippen molar-refractivity contribution >= 4 is 40.3 Å². The van der Waals surface area contributed by atoms with Crippen molar-refractivity contribution in [3.63, 3.8) is 0 Å². The SMILES string of the molecule is CCCCC1[C@H]2CCO[C@]34OC[C@]5(CC)C[C@](C(=O)OC)([C@H](C(=O)OC)[C@@H]23)[C@H]1[C@@]54OC(=S)SC. The minimum atomic E-state index is -1.13. The Hall–Kier alpha value is -0.900. The van der Waals surface area contributed by atoms with Gasteiger partial charge in [-0.2, -0.15) is 0 Å². The highest BCUT2D eigenvalue weighted by atomic mass is 32.2. The molecule has 190 valence electrons. The molecule has 0 radical (unpaired) electrons. The van der Waals surface area contributed by atoms with E-state index in [4.69, 9.17) is 35.9 Å². The minimum absolute atomic E-state index is 0.178. The zero-order valence-corrected chi connectivity index (χ0v) is 22.4. The van der Waals surface area contributed by atoms with Crippen molar-refractivity contribution in [2.24, 2.45) is 40.4 Å². The summed E-state index contributed by atoms with van der Waals surface area (Å²) in [5, 5.41) is 0. The normalized spacial score (nSPS) is 47.4. The second kappa shape index (κ2) is 8.32. The number of ether oxygens (including phenoxy) is 5. The summed E-state index contributed by atoms with van der Waals surface area (Å²) < 4.78 is 31.5. The molecule has 34 heavy (non-hydrogen) atoms. The van der Waals surface area contributed by atoms with Crippen molar-refractivity contribution in [2.75, 3.05) is 33.7 Å². The Morgan fingerprint density at radius 2 is 1.94 bits per heavy atom. The highest BCUT2D eigenvalue weighted by molar-refractivity contribution is 8.22. The van der Waals surface area contributed by atoms with E-state index in [1.165, 1.54) is 26.0 Å². The molecule has 2 aliphatic heterocycles. The molecule has 6 bridgehead atoms. The topological polar surface area (TPSA) is 80.3 Å². The van der Waals surface area contributed by atoms with Gasteiger partial charge >= 0.3 is 11.9 Å². The van der Waals surface area contributed by atoms with Gasteiger partial charge in [0, 0.05) is 17.3 Å². The third-order valence-electron chi connectivity index (χ3n) is 10.1. The van der Waals surface area contributed by atoms with Crippen LogP contribution in [-0.4, -0.2) is 61.4 Å². The van der Waals surface area contributed by atoms with E-state index in [1.807, 2.05) is 6.26 Å². The molecule has 4 aliphatic carbocycles. The zero-order chi connectivity index (χ0) is 24.5. The van der Waals surface area contributed by atoms with Gasteiger partial charge in [-0.05, 0) is 56.0 Å². The molecule has 1 unspecified atom stereocenters. The standard InChI is InChI=1S/C25H36O7S2/c1-6-8-9-15-14-10-11-30-25-16(14)17(19(26)28-3)23(20(27)29-4)12-22(7-2,13-31-25)24(25,18(15)23)32-21(33)34-5/h14-18H,6-13H2,1-5H3/t14-,15?,16-,17+,18+,22+,23+,24-,25+/m1/s1. The van der Waals surface area contributed by atoms with Gasteiger partial charge in [0.1, 0.15) is 0 Å². The first-order valence-corrected chi connectivity index (χ1v) is 14.1. The molecule has 4 saturated carbocycles. The minimum Gasteiger partial charge on any atom is -0.469 e. The Balaban J connectivity index is 1.85. The Labute approximate surface area is 211 Å². The molecular weight excluding hydrogens is 476 g/mol. The number of thiocarbonyl (C=S) groups is 1. The maximum absolute atomic E-state index is 13.9. The first-order valence-electron chi connectivity index (χ1n) is 12.5. The van der Waals surface area contributed by atoms with E-state index in [0.717, 1.165) is 32.1 Å². The summed E-state index contributed by atoms with van der Waals surface area (Å²) in [5.74, 6) is -2.87. The Bertz CT molecular complexity index is 896. The first kappa shape index (κ1) is 24.8. The molecule has 0 amide bonds. The Kier molecular flexibility index (Phi) is 6.06. The van der Waals surface area contributed by atoms with Crippen LogP contribution in [0.15, 0.2) is 0 Å². The molecule has 0 aromatic carbocycles. The van der Waals surface area contributed by atoms with Gasteiger partial charge in [-0.25, -0.2) is 0 Å². The average Bonchev–Trinajstić information content (AvgIpc) is 3.24. The first-order chi connectivity index (χ1) is 16.3. The monoisotopic (exact) mass is 512 g/mol. The summed E-state index contributed by atoms with van der Waals surface area (Å²) in [6.45, 7) is 5.24. The molecule has 7 nitrogen and oxygen atoms in total. The predicted molar refractivity (Wildman–Crippen MR) is 130 cm³/mol. The fraction of sp³-hybridized carbons (Fsp3) is 0.880. The van der Waals surface area contributed by atoms with E-state index in [0.29, 0.717) is 24.0 Å². The van der Waals surface area contributed by atoms with Gasteiger partial charge in [0.15, 0.2) is 5.60 Å². The van der Waals surface area contributed by atoms with Gasteiger partial charge in [0.2, 0.25) is 10.2 Å². The quantitative estimate of drug-likeness (QED) is 0.372. The maximum Gasteiger partial charge on any atom is 0.313 e. The van der Waals surface area contributed by atoms with Crippen molar-refractivity contribution in [3.8, 4) is 0 Å². The van der Waals surface area contributed by atoms with Crippen molar-refractivity contribution in [2.45, 2.75) is 63.8 Å². The van der Waals surface area contributed by atoms with Gasteiger partial charge in [-0.1, -0.05) is 38.5 Å². The van der Waals surface area contributed by atoms with Crippen LogP contribution in [0, 0.1) is 40.4 Å². The van der Waals surface area contributed by atoms with Crippen LogP contribution in [0.2, 0.25) is 0 Å². The van der Waals surface area contributed by atoms with Crippen molar-refractivity contribution in [1.29, 1.82) is 0 Å². The smallest absolute Gasteiger partial charge is 0.313 e. The molecule has 6 aliphatic rings. The van der Waals surface area contributed by atoms with Crippen molar-refractivity contribution in [1.82, 2.24) is 0 Å². The number of hydrogen-bond donors (Lipinski definition) is 0. The lowest BCUT2D eigenvalue weighted by Gasteiger charge is -2.70. The van der Waals surface area contributed by atoms with Crippen LogP contribution < -0.4 is 0 Å². The summed E-state index contributed by atoms with van der Waals surface area (Å²) in [5.41, 5.74) is -2.54. The number of rotatable bonds is 7. The molecule has 2 saturated heterocycles. The fourth-order valence-corrected chi connectivity index (χ4v) is 9.56. The molecule has 0 N–H and O–H groups in total. The van der Waals surface area contributed by atoms with Gasteiger partial charge in [-0.15, -0.1) is 0 Å². The average molecular weight is 513 g/mol. The molecule has 0 aromatic heterocycles. The van der Waals surface area contributed by atoms with Gasteiger partial charge in [0.25, 0.3) is 0 Å². The van der Waals surface area contributed by atoms with Crippen LogP contribution >= 0.6 is 24.0 Å². The molecule has 2 heterocycles. The number of methoxy groups -OCH3 is 2. The zero-order valence-electron chi connectivity index (χ0n) is 20.7. The molecule has 6 fully saturated rings. The second-order valence-corrected chi connectivity index (χ2v) is 12.1. The van der Waals surface area contributed by atoms with Gasteiger partial charge < -0.3 is 23.7 Å². The summed E-state index contributed by atoms with van der Waals surface area (Å²) in [6.07, 6.45) is 6.95. The molecule has 1 spiro atoms. The van der Waals surface area contributed by atoms with Crippen LogP contribution in [0.5, 0.6) is 0 Å². The lowest BCUT2D eigenvalue weighted by Crippen LogP contribution is -2.82. The number of thioether (sulfide) groups is 1. The van der Waals surface area contributed by atoms with Crippen molar-refractivity contribution < 1.29 is 33.3 Å². The maximum atomic E-state index is 13.9. The van der Waals surface area contributed by atoms with E-state index in [1.54, 1.807) is 0 Å². The summed E-state index contributed by atoms with van der Waals surface area (Å²) in [6, 6.07) is 0. The number of esters is 2. The number of carbonyl (C=O) groups is 2. The Morgan fingerprint density at radius 3 is 2.56 bits per heavy atom. The second-order valence-electron chi connectivity index (χ2n) is 10.7. The van der Waals surface area contributed by atoms with E-state index in [9.17, 15) is 9.59 Å². The number of carbonyl (C=O) groups excluding carboxylic acids is 2. The molecular formula is C25H36O7S2. The highest BCUT2D eigenvalue weighted by Gasteiger charge is 2.96. The van der Waals surface area contributed by atoms with Gasteiger partial charge in [0.05, 0.1) is 38.8 Å². The highest BCUT2D eigenvalue weighted by Crippen LogP contribution is 2.85. The van der Waals surface area contributed by atoms with E-state index >= 15 is 0 Å². The number of hydrogen-bond acceptors (Lipinski definition) is 9. The van der Waals surface area contributed by atoms with Crippen LogP contribution in [0.3, 0.4) is 0 Å². The molecule has 9 heteroatoms. The summed E-state index contributed by atoms with van der Waals surface area (Å²) in [7, 11) is 2.82. The molecule has 9 atom stereocenters. The third kappa shape index (κ3) is 2.55. The summed E-state index contributed by atoms with van der Waals surface area (Å²) >= 11 is 7.05. The number of unbranched alkanes of at least 4 members (excludes halogenated alkanes) is 1. The van der Waals surface area contributed by atoms with Crippen LogP contribution in [0.1, 0.15) is 52.4 Å². The van der Waals surface area contributed by atoms with E-state index in [2.05, 4.69) is 13.8 Å². The third-order valence-corrected chi connectivity index (χ3v) is 11.1. The lowest BCUT2D eigenvalue weighted by atomic mass is 9.38. The van der Waals surface area contributed by atoms with E-state index < -0.39 is 28.1 Å². The van der Waals surface area contributed by atoms with Crippen LogP contribution in [0.4, 0.5) is 0 Å². The predicted octanol–water partition coefficient (Wildman–Crippen LogP) is 3.97. The lowest BCUT2D eigenvalue weighted by molar-refractivity contribution is -0.409. The molecule has 6 rings (SSSR count). The Morgan fingerprint density at radius 1 is 1.18 bits per heavy atom. The van der Waals surface area contributed by atoms with E-state index in [-0.39, 0.29) is 35.6 Å².